The minimum Gasteiger partial charge on any atom is -0.342 e. The molecule has 1 rings (SSSR count). The summed E-state index contributed by atoms with van der Waals surface area (Å²) < 4.78 is 23.2. The van der Waals surface area contributed by atoms with Gasteiger partial charge in [-0.2, -0.15) is 0 Å². The van der Waals surface area contributed by atoms with E-state index < -0.39 is 9.84 Å². The average Bonchev–Trinajstić information content (AvgIpc) is 2.75. The Bertz CT molecular complexity index is 377. The quantitative estimate of drug-likeness (QED) is 0.763. The first kappa shape index (κ1) is 15.4. The van der Waals surface area contributed by atoms with Crippen molar-refractivity contribution in [1.29, 1.82) is 0 Å². The Morgan fingerprint density at radius 2 is 1.89 bits per heavy atom. The summed E-state index contributed by atoms with van der Waals surface area (Å²) in [4.78, 5) is 13.6. The van der Waals surface area contributed by atoms with E-state index in [-0.39, 0.29) is 23.7 Å². The SMILES string of the molecule is CCN(CC)C(=O)CNC1CCCC1S(C)(=O)=O. The molecule has 1 saturated carbocycles. The summed E-state index contributed by atoms with van der Waals surface area (Å²) in [6.45, 7) is 5.50. The molecule has 0 aromatic carbocycles. The highest BCUT2D eigenvalue weighted by Crippen LogP contribution is 2.24. The van der Waals surface area contributed by atoms with Crippen LogP contribution in [0, 0.1) is 0 Å². The summed E-state index contributed by atoms with van der Waals surface area (Å²) >= 11 is 0. The lowest BCUT2D eigenvalue weighted by Gasteiger charge is -2.23. The highest BCUT2D eigenvalue weighted by Gasteiger charge is 2.34. The van der Waals surface area contributed by atoms with Crippen molar-refractivity contribution >= 4 is 15.7 Å². The molecule has 2 atom stereocenters. The number of nitrogens with one attached hydrogen (secondary N) is 1. The fourth-order valence-corrected chi connectivity index (χ4v) is 4.00. The molecule has 1 amide bonds. The Morgan fingerprint density at radius 3 is 2.39 bits per heavy atom. The zero-order valence-corrected chi connectivity index (χ0v) is 12.3. The lowest BCUT2D eigenvalue weighted by Crippen LogP contribution is -2.45. The van der Waals surface area contributed by atoms with Gasteiger partial charge in [0.2, 0.25) is 5.91 Å². The van der Waals surface area contributed by atoms with Crippen molar-refractivity contribution < 1.29 is 13.2 Å². The molecule has 5 nitrogen and oxygen atoms in total. The van der Waals surface area contributed by atoms with E-state index in [4.69, 9.17) is 0 Å². The molecular formula is C12H24N2O3S. The van der Waals surface area contributed by atoms with Gasteiger partial charge in [0.15, 0.2) is 9.84 Å². The molecule has 1 aliphatic rings. The van der Waals surface area contributed by atoms with Crippen LogP contribution in [0.1, 0.15) is 33.1 Å². The average molecular weight is 276 g/mol. The molecule has 0 aromatic heterocycles. The second-order valence-corrected chi connectivity index (χ2v) is 7.12. The molecule has 106 valence electrons. The predicted molar refractivity (Wildman–Crippen MR) is 72.2 cm³/mol. The van der Waals surface area contributed by atoms with Crippen molar-refractivity contribution in [3.05, 3.63) is 0 Å². The molecule has 0 aromatic rings. The maximum Gasteiger partial charge on any atom is 0.236 e. The summed E-state index contributed by atoms with van der Waals surface area (Å²) in [5.41, 5.74) is 0. The summed E-state index contributed by atoms with van der Waals surface area (Å²) in [6.07, 6.45) is 3.73. The Hall–Kier alpha value is -0.620. The Morgan fingerprint density at radius 1 is 1.28 bits per heavy atom. The second kappa shape index (κ2) is 6.52. The van der Waals surface area contributed by atoms with Crippen molar-refractivity contribution in [2.45, 2.75) is 44.4 Å². The predicted octanol–water partition coefficient (Wildman–Crippen LogP) is 0.410. The van der Waals surface area contributed by atoms with Gasteiger partial charge in [-0.05, 0) is 26.7 Å². The van der Waals surface area contributed by atoms with Gasteiger partial charge in [0.25, 0.3) is 0 Å². The summed E-state index contributed by atoms with van der Waals surface area (Å²) in [7, 11) is -3.02. The Balaban J connectivity index is 2.51. The Kier molecular flexibility index (Phi) is 5.59. The van der Waals surface area contributed by atoms with E-state index in [1.54, 1.807) is 4.90 Å². The van der Waals surface area contributed by atoms with Crippen LogP contribution in [0.15, 0.2) is 0 Å². The maximum absolute atomic E-state index is 11.8. The van der Waals surface area contributed by atoms with E-state index in [0.717, 1.165) is 12.8 Å². The van der Waals surface area contributed by atoms with Gasteiger partial charge in [0.05, 0.1) is 11.8 Å². The third-order valence-electron chi connectivity index (χ3n) is 3.63. The van der Waals surface area contributed by atoms with Gasteiger partial charge < -0.3 is 10.2 Å². The summed E-state index contributed by atoms with van der Waals surface area (Å²) in [5, 5.41) is 2.79. The van der Waals surface area contributed by atoms with Crippen LogP contribution in [-0.4, -0.2) is 56.4 Å². The van der Waals surface area contributed by atoms with E-state index in [1.165, 1.54) is 6.26 Å². The number of carbonyl (C=O) groups excluding carboxylic acids is 1. The number of likely N-dealkylation sites (N-methyl/N-ethyl adjacent to an activating group) is 1. The van der Waals surface area contributed by atoms with Crippen LogP contribution in [0.3, 0.4) is 0 Å². The number of carbonyl (C=O) groups is 1. The third-order valence-corrected chi connectivity index (χ3v) is 5.30. The van der Waals surface area contributed by atoms with E-state index in [2.05, 4.69) is 5.32 Å². The molecule has 6 heteroatoms. The second-order valence-electron chi connectivity index (χ2n) is 4.85. The van der Waals surface area contributed by atoms with Crippen LogP contribution in [0.5, 0.6) is 0 Å². The van der Waals surface area contributed by atoms with Crippen LogP contribution < -0.4 is 5.32 Å². The van der Waals surface area contributed by atoms with E-state index in [1.807, 2.05) is 13.8 Å². The van der Waals surface area contributed by atoms with Gasteiger partial charge in [-0.25, -0.2) is 8.42 Å². The normalized spacial score (nSPS) is 24.2. The molecule has 0 saturated heterocycles. The topological polar surface area (TPSA) is 66.5 Å². The molecule has 0 bridgehead atoms. The van der Waals surface area contributed by atoms with Crippen LogP contribution in [0.2, 0.25) is 0 Å². The molecule has 1 aliphatic carbocycles. The molecule has 0 aliphatic heterocycles. The minimum atomic E-state index is -3.02. The molecule has 0 heterocycles. The van der Waals surface area contributed by atoms with Crippen LogP contribution in [0.4, 0.5) is 0 Å². The number of nitrogens with zero attached hydrogens (tertiary/aromatic N) is 1. The van der Waals surface area contributed by atoms with Gasteiger partial charge in [-0.3, -0.25) is 4.79 Å². The monoisotopic (exact) mass is 276 g/mol. The van der Waals surface area contributed by atoms with Gasteiger partial charge in [0, 0.05) is 25.4 Å². The smallest absolute Gasteiger partial charge is 0.236 e. The number of sulfone groups is 1. The highest BCUT2D eigenvalue weighted by molar-refractivity contribution is 7.91. The van der Waals surface area contributed by atoms with Gasteiger partial charge >= 0.3 is 0 Å². The molecule has 1 fully saturated rings. The number of amides is 1. The first-order valence-electron chi connectivity index (χ1n) is 6.60. The first-order chi connectivity index (χ1) is 8.40. The van der Waals surface area contributed by atoms with Crippen LogP contribution in [0.25, 0.3) is 0 Å². The standard InChI is InChI=1S/C12H24N2O3S/c1-4-14(5-2)12(15)9-13-10-7-6-8-11(10)18(3,16)17/h10-11,13H,4-9H2,1-3H3. The maximum atomic E-state index is 11.8. The van der Waals surface area contributed by atoms with Crippen molar-refractivity contribution in [2.24, 2.45) is 0 Å². The van der Waals surface area contributed by atoms with Crippen LogP contribution >= 0.6 is 0 Å². The van der Waals surface area contributed by atoms with Crippen molar-refractivity contribution in [3.8, 4) is 0 Å². The lowest BCUT2D eigenvalue weighted by atomic mass is 10.2. The fourth-order valence-electron chi connectivity index (χ4n) is 2.58. The highest BCUT2D eigenvalue weighted by atomic mass is 32.2. The zero-order valence-electron chi connectivity index (χ0n) is 11.5. The largest absolute Gasteiger partial charge is 0.342 e. The van der Waals surface area contributed by atoms with E-state index in [0.29, 0.717) is 19.5 Å². The number of hydrogen-bond donors (Lipinski definition) is 1. The lowest BCUT2D eigenvalue weighted by molar-refractivity contribution is -0.129. The molecule has 0 radical (unpaired) electrons. The zero-order chi connectivity index (χ0) is 13.8. The van der Waals surface area contributed by atoms with Crippen molar-refractivity contribution in [1.82, 2.24) is 10.2 Å². The molecular weight excluding hydrogens is 252 g/mol. The van der Waals surface area contributed by atoms with E-state index in [9.17, 15) is 13.2 Å². The molecule has 18 heavy (non-hydrogen) atoms. The van der Waals surface area contributed by atoms with E-state index >= 15 is 0 Å². The molecule has 2 unspecified atom stereocenters. The van der Waals surface area contributed by atoms with Crippen molar-refractivity contribution in [3.63, 3.8) is 0 Å². The number of rotatable bonds is 6. The third kappa shape index (κ3) is 3.95. The summed E-state index contributed by atoms with van der Waals surface area (Å²) in [5.74, 6) is 0.0409. The van der Waals surface area contributed by atoms with Gasteiger partial charge in [0.1, 0.15) is 0 Å². The first-order valence-corrected chi connectivity index (χ1v) is 8.55. The minimum absolute atomic E-state index is 0.0409. The van der Waals surface area contributed by atoms with Gasteiger partial charge in [-0.15, -0.1) is 0 Å². The fraction of sp³-hybridized carbons (Fsp3) is 0.917. The molecule has 1 N–H and O–H groups in total. The van der Waals surface area contributed by atoms with Crippen LogP contribution in [-0.2, 0) is 14.6 Å². The van der Waals surface area contributed by atoms with Crippen molar-refractivity contribution in [2.75, 3.05) is 25.9 Å². The Labute approximate surface area is 110 Å². The van der Waals surface area contributed by atoms with Gasteiger partial charge in [-0.1, -0.05) is 6.42 Å². The molecule has 0 spiro atoms. The number of hydrogen-bond acceptors (Lipinski definition) is 4. The summed E-state index contributed by atoms with van der Waals surface area (Å²) in [6, 6.07) is -0.0699.